The van der Waals surface area contributed by atoms with Crippen LogP contribution in [0.1, 0.15) is 22.7 Å². The predicted octanol–water partition coefficient (Wildman–Crippen LogP) is 5.61. The number of nitrogens with two attached hydrogens (primary N) is 1. The number of hydrogen-bond donors (Lipinski definition) is 1. The number of fused-ring (bicyclic) bond motifs is 1. The van der Waals surface area contributed by atoms with Gasteiger partial charge in [-0.15, -0.1) is 0 Å². The Morgan fingerprint density at radius 1 is 0.952 bits per heavy atom. The van der Waals surface area contributed by atoms with E-state index in [2.05, 4.69) is 59.3 Å². The van der Waals surface area contributed by atoms with Gasteiger partial charge in [0.2, 0.25) is 0 Å². The Labute approximate surface area is 137 Å². The van der Waals surface area contributed by atoms with Crippen molar-refractivity contribution >= 4 is 38.3 Å². The van der Waals surface area contributed by atoms with Crippen molar-refractivity contribution in [3.05, 3.63) is 80.8 Å². The fourth-order valence-corrected chi connectivity index (χ4v) is 3.59. The maximum atomic E-state index is 6.51. The van der Waals surface area contributed by atoms with Crippen LogP contribution in [0.4, 0.5) is 0 Å². The van der Waals surface area contributed by atoms with Crippen molar-refractivity contribution in [2.45, 2.75) is 13.0 Å². The van der Waals surface area contributed by atoms with Crippen LogP contribution in [-0.2, 0) is 0 Å². The maximum Gasteiger partial charge on any atom is 0.0568 e. The second-order valence-corrected chi connectivity index (χ2v) is 6.45. The largest absolute Gasteiger partial charge is 0.320 e. The molecule has 3 rings (SSSR count). The van der Waals surface area contributed by atoms with Crippen molar-refractivity contribution < 1.29 is 0 Å². The standard InChI is InChI=1S/C18H15BrClN/c1-11-6-8-15(14-5-3-2-4-13(11)14)18(21)16-9-7-12(20)10-17(16)19/h2-10,18H,21H2,1H3. The molecule has 0 heterocycles. The summed E-state index contributed by atoms with van der Waals surface area (Å²) in [6.07, 6.45) is 0. The SMILES string of the molecule is Cc1ccc(C(N)c2ccc(Cl)cc2Br)c2ccccc12. The molecule has 0 fully saturated rings. The van der Waals surface area contributed by atoms with Gasteiger partial charge in [0.1, 0.15) is 0 Å². The van der Waals surface area contributed by atoms with Crippen molar-refractivity contribution in [3.63, 3.8) is 0 Å². The van der Waals surface area contributed by atoms with E-state index in [-0.39, 0.29) is 6.04 Å². The van der Waals surface area contributed by atoms with Crippen molar-refractivity contribution in [3.8, 4) is 0 Å². The third-order valence-corrected chi connectivity index (χ3v) is 4.73. The third-order valence-electron chi connectivity index (χ3n) is 3.81. The zero-order chi connectivity index (χ0) is 15.0. The third kappa shape index (κ3) is 2.71. The Morgan fingerprint density at radius 3 is 2.33 bits per heavy atom. The van der Waals surface area contributed by atoms with Crippen LogP contribution < -0.4 is 5.73 Å². The van der Waals surface area contributed by atoms with Crippen LogP contribution in [0.25, 0.3) is 10.8 Å². The van der Waals surface area contributed by atoms with Crippen molar-refractivity contribution in [1.82, 2.24) is 0 Å². The molecule has 0 radical (unpaired) electrons. The highest BCUT2D eigenvalue weighted by atomic mass is 79.9. The summed E-state index contributed by atoms with van der Waals surface area (Å²) in [6.45, 7) is 2.12. The number of benzene rings is 3. The summed E-state index contributed by atoms with van der Waals surface area (Å²) in [4.78, 5) is 0. The molecule has 0 saturated carbocycles. The Kier molecular flexibility index (Phi) is 4.03. The highest BCUT2D eigenvalue weighted by Gasteiger charge is 2.15. The number of halogens is 2. The minimum atomic E-state index is -0.192. The Balaban J connectivity index is 2.18. The highest BCUT2D eigenvalue weighted by Crippen LogP contribution is 2.33. The first-order valence-electron chi connectivity index (χ1n) is 6.76. The first-order chi connectivity index (χ1) is 10.1. The van der Waals surface area contributed by atoms with Gasteiger partial charge in [0.15, 0.2) is 0 Å². The molecule has 0 bridgehead atoms. The quantitative estimate of drug-likeness (QED) is 0.631. The molecule has 0 spiro atoms. The number of rotatable bonds is 2. The van der Waals surface area contributed by atoms with Gasteiger partial charge in [0.25, 0.3) is 0 Å². The number of hydrogen-bond acceptors (Lipinski definition) is 1. The fourth-order valence-electron chi connectivity index (χ4n) is 2.67. The molecule has 106 valence electrons. The molecule has 21 heavy (non-hydrogen) atoms. The lowest BCUT2D eigenvalue weighted by Gasteiger charge is -2.18. The van der Waals surface area contributed by atoms with Gasteiger partial charge < -0.3 is 5.73 Å². The van der Waals surface area contributed by atoms with Gasteiger partial charge in [0, 0.05) is 9.50 Å². The summed E-state index contributed by atoms with van der Waals surface area (Å²) in [7, 11) is 0. The van der Waals surface area contributed by atoms with Crippen molar-refractivity contribution in [2.75, 3.05) is 0 Å². The second kappa shape index (κ2) is 5.80. The Morgan fingerprint density at radius 2 is 1.62 bits per heavy atom. The van der Waals surface area contributed by atoms with E-state index < -0.39 is 0 Å². The van der Waals surface area contributed by atoms with E-state index in [9.17, 15) is 0 Å². The topological polar surface area (TPSA) is 26.0 Å². The summed E-state index contributed by atoms with van der Waals surface area (Å²) in [5.41, 5.74) is 9.93. The van der Waals surface area contributed by atoms with E-state index in [0.717, 1.165) is 15.6 Å². The molecule has 3 aromatic carbocycles. The Hall–Kier alpha value is -1.35. The predicted molar refractivity (Wildman–Crippen MR) is 93.9 cm³/mol. The monoisotopic (exact) mass is 359 g/mol. The van der Waals surface area contributed by atoms with Crippen molar-refractivity contribution in [1.29, 1.82) is 0 Å². The van der Waals surface area contributed by atoms with E-state index in [1.165, 1.54) is 16.3 Å². The molecule has 0 amide bonds. The maximum absolute atomic E-state index is 6.51. The zero-order valence-electron chi connectivity index (χ0n) is 11.6. The molecular formula is C18H15BrClN. The fraction of sp³-hybridized carbons (Fsp3) is 0.111. The molecule has 1 nitrogen and oxygen atoms in total. The lowest BCUT2D eigenvalue weighted by Crippen LogP contribution is -2.13. The minimum absolute atomic E-state index is 0.192. The van der Waals surface area contributed by atoms with Crippen LogP contribution >= 0.6 is 27.5 Å². The van der Waals surface area contributed by atoms with Gasteiger partial charge >= 0.3 is 0 Å². The average molecular weight is 361 g/mol. The van der Waals surface area contributed by atoms with Crippen LogP contribution in [0.3, 0.4) is 0 Å². The van der Waals surface area contributed by atoms with Gasteiger partial charge in [-0.3, -0.25) is 0 Å². The molecule has 0 aromatic heterocycles. The molecule has 1 atom stereocenters. The van der Waals surface area contributed by atoms with Crippen LogP contribution in [0.5, 0.6) is 0 Å². The first-order valence-corrected chi connectivity index (χ1v) is 7.94. The molecular weight excluding hydrogens is 346 g/mol. The van der Waals surface area contributed by atoms with Crippen LogP contribution in [-0.4, -0.2) is 0 Å². The summed E-state index contributed by atoms with van der Waals surface area (Å²) in [5.74, 6) is 0. The van der Waals surface area contributed by atoms with E-state index in [1.807, 2.05) is 18.2 Å². The van der Waals surface area contributed by atoms with E-state index >= 15 is 0 Å². The van der Waals surface area contributed by atoms with Gasteiger partial charge in [-0.25, -0.2) is 0 Å². The molecule has 3 heteroatoms. The summed E-state index contributed by atoms with van der Waals surface area (Å²) < 4.78 is 0.937. The molecule has 0 aliphatic rings. The summed E-state index contributed by atoms with van der Waals surface area (Å²) >= 11 is 9.57. The summed E-state index contributed by atoms with van der Waals surface area (Å²) in [5, 5.41) is 3.15. The highest BCUT2D eigenvalue weighted by molar-refractivity contribution is 9.10. The molecule has 2 N–H and O–H groups in total. The molecule has 3 aromatic rings. The van der Waals surface area contributed by atoms with E-state index in [1.54, 1.807) is 0 Å². The zero-order valence-corrected chi connectivity index (χ0v) is 13.9. The average Bonchev–Trinajstić information content (AvgIpc) is 2.47. The summed E-state index contributed by atoms with van der Waals surface area (Å²) in [6, 6.07) is 18.2. The molecule has 0 saturated heterocycles. The van der Waals surface area contributed by atoms with Crippen LogP contribution in [0, 0.1) is 6.92 Å². The van der Waals surface area contributed by atoms with Gasteiger partial charge in [-0.05, 0) is 46.5 Å². The molecule has 0 aliphatic heterocycles. The second-order valence-electron chi connectivity index (χ2n) is 5.16. The Bertz CT molecular complexity index is 813. The lowest BCUT2D eigenvalue weighted by molar-refractivity contribution is 0.874. The number of aryl methyl sites for hydroxylation is 1. The molecule has 0 aliphatic carbocycles. The minimum Gasteiger partial charge on any atom is -0.320 e. The van der Waals surface area contributed by atoms with Gasteiger partial charge in [-0.1, -0.05) is 70.0 Å². The van der Waals surface area contributed by atoms with Crippen LogP contribution in [0.2, 0.25) is 5.02 Å². The molecule has 1 unspecified atom stereocenters. The van der Waals surface area contributed by atoms with E-state index in [4.69, 9.17) is 17.3 Å². The van der Waals surface area contributed by atoms with E-state index in [0.29, 0.717) is 5.02 Å². The first kappa shape index (κ1) is 14.6. The lowest BCUT2D eigenvalue weighted by atomic mass is 9.92. The van der Waals surface area contributed by atoms with Crippen molar-refractivity contribution in [2.24, 2.45) is 5.73 Å². The normalized spacial score (nSPS) is 12.6. The van der Waals surface area contributed by atoms with Gasteiger partial charge in [0.05, 0.1) is 6.04 Å². The smallest absolute Gasteiger partial charge is 0.0568 e. The van der Waals surface area contributed by atoms with Crippen LogP contribution in [0.15, 0.2) is 59.1 Å². The van der Waals surface area contributed by atoms with Gasteiger partial charge in [-0.2, -0.15) is 0 Å².